The Morgan fingerprint density at radius 2 is 1.67 bits per heavy atom. The molecular weight excluding hydrogens is 473 g/mol. The lowest BCUT2D eigenvalue weighted by molar-refractivity contribution is -0.141. The molecule has 0 aliphatic carbocycles. The van der Waals surface area contributed by atoms with Crippen LogP contribution in [0.3, 0.4) is 0 Å². The van der Waals surface area contributed by atoms with Crippen LogP contribution in [-0.4, -0.2) is 36.5 Å². The Labute approximate surface area is 202 Å². The van der Waals surface area contributed by atoms with Gasteiger partial charge in [0.25, 0.3) is 0 Å². The number of benzene rings is 1. The van der Waals surface area contributed by atoms with Gasteiger partial charge >= 0.3 is 11.9 Å². The summed E-state index contributed by atoms with van der Waals surface area (Å²) in [7, 11) is 1.52. The number of alkyl halides is 3. The number of halogens is 3. The van der Waals surface area contributed by atoms with E-state index in [1.807, 2.05) is 37.3 Å². The summed E-state index contributed by atoms with van der Waals surface area (Å²) in [5.41, 5.74) is 3.14. The molecule has 0 unspecified atom stereocenters. The molecule has 182 valence electrons. The van der Waals surface area contributed by atoms with Gasteiger partial charge in [0.05, 0.1) is 19.9 Å². The van der Waals surface area contributed by atoms with Gasteiger partial charge in [-0.2, -0.15) is 22.8 Å². The SMILES string of the molecule is COc1ccc(-c2c(-c3ccc(C)cc3)cnn3c(=O)n(Cc4ccc(C(F)(F)F)nc4)nc23)cn1. The zero-order chi connectivity index (χ0) is 25.4. The quantitative estimate of drug-likeness (QED) is 0.362. The summed E-state index contributed by atoms with van der Waals surface area (Å²) in [6.07, 6.45) is -0.256. The Kier molecular flexibility index (Phi) is 5.75. The van der Waals surface area contributed by atoms with Gasteiger partial charge in [0, 0.05) is 35.2 Å². The number of nitrogens with zero attached hydrogens (tertiary/aromatic N) is 6. The number of aryl methyl sites for hydroxylation is 1. The third-order valence-corrected chi connectivity index (χ3v) is 5.66. The molecule has 0 fully saturated rings. The fourth-order valence-electron chi connectivity index (χ4n) is 3.81. The summed E-state index contributed by atoms with van der Waals surface area (Å²) < 4.78 is 46.0. The van der Waals surface area contributed by atoms with Crippen molar-refractivity contribution in [1.82, 2.24) is 29.4 Å². The zero-order valence-electron chi connectivity index (χ0n) is 19.2. The minimum Gasteiger partial charge on any atom is -0.481 e. The topological polar surface area (TPSA) is 87.2 Å². The largest absolute Gasteiger partial charge is 0.481 e. The number of hydrogen-bond acceptors (Lipinski definition) is 6. The van der Waals surface area contributed by atoms with Crippen molar-refractivity contribution in [2.45, 2.75) is 19.6 Å². The van der Waals surface area contributed by atoms with Gasteiger partial charge in [-0.1, -0.05) is 35.9 Å². The maximum Gasteiger partial charge on any atom is 0.433 e. The van der Waals surface area contributed by atoms with Crippen LogP contribution in [0.1, 0.15) is 16.8 Å². The van der Waals surface area contributed by atoms with E-state index in [1.54, 1.807) is 18.5 Å². The molecule has 0 atom stereocenters. The van der Waals surface area contributed by atoms with Crippen molar-refractivity contribution in [3.05, 3.63) is 94.4 Å². The van der Waals surface area contributed by atoms with Crippen LogP contribution < -0.4 is 10.4 Å². The molecule has 4 aromatic heterocycles. The highest BCUT2D eigenvalue weighted by Crippen LogP contribution is 2.34. The smallest absolute Gasteiger partial charge is 0.433 e. The summed E-state index contributed by atoms with van der Waals surface area (Å²) in [6, 6.07) is 13.5. The Bertz CT molecular complexity index is 1590. The van der Waals surface area contributed by atoms with Gasteiger partial charge in [0.15, 0.2) is 5.65 Å². The summed E-state index contributed by atoms with van der Waals surface area (Å²) in [5.74, 6) is 0.429. The molecule has 8 nitrogen and oxygen atoms in total. The van der Waals surface area contributed by atoms with Gasteiger partial charge < -0.3 is 4.74 Å². The lowest BCUT2D eigenvalue weighted by Crippen LogP contribution is -2.23. The normalized spacial score (nSPS) is 11.7. The van der Waals surface area contributed by atoms with E-state index in [-0.39, 0.29) is 12.2 Å². The number of hydrogen-bond donors (Lipinski definition) is 0. The van der Waals surface area contributed by atoms with Crippen LogP contribution in [0.4, 0.5) is 13.2 Å². The van der Waals surface area contributed by atoms with E-state index in [2.05, 4.69) is 20.2 Å². The Balaban J connectivity index is 1.65. The van der Waals surface area contributed by atoms with Crippen molar-refractivity contribution in [3.8, 4) is 28.1 Å². The van der Waals surface area contributed by atoms with Crippen molar-refractivity contribution < 1.29 is 17.9 Å². The van der Waals surface area contributed by atoms with Gasteiger partial charge in [0.1, 0.15) is 5.69 Å². The molecular formula is C25H19F3N6O2. The van der Waals surface area contributed by atoms with E-state index in [9.17, 15) is 18.0 Å². The van der Waals surface area contributed by atoms with E-state index in [0.29, 0.717) is 22.6 Å². The molecule has 36 heavy (non-hydrogen) atoms. The first kappa shape index (κ1) is 23.2. The van der Waals surface area contributed by atoms with E-state index in [1.165, 1.54) is 13.2 Å². The summed E-state index contributed by atoms with van der Waals surface area (Å²) >= 11 is 0. The Hall–Kier alpha value is -4.54. The van der Waals surface area contributed by atoms with E-state index >= 15 is 0 Å². The zero-order valence-corrected chi connectivity index (χ0v) is 19.2. The van der Waals surface area contributed by atoms with Crippen molar-refractivity contribution in [2.75, 3.05) is 7.11 Å². The van der Waals surface area contributed by atoms with E-state index in [0.717, 1.165) is 38.2 Å². The fourth-order valence-corrected chi connectivity index (χ4v) is 3.81. The van der Waals surface area contributed by atoms with Crippen LogP contribution in [0.2, 0.25) is 0 Å². The van der Waals surface area contributed by atoms with Crippen molar-refractivity contribution in [2.24, 2.45) is 0 Å². The van der Waals surface area contributed by atoms with Gasteiger partial charge in [-0.25, -0.2) is 14.5 Å². The monoisotopic (exact) mass is 492 g/mol. The first-order valence-corrected chi connectivity index (χ1v) is 10.8. The molecule has 0 saturated heterocycles. The first-order valence-electron chi connectivity index (χ1n) is 10.8. The summed E-state index contributed by atoms with van der Waals surface area (Å²) in [6.45, 7) is 1.91. The van der Waals surface area contributed by atoms with Gasteiger partial charge in [-0.05, 0) is 30.2 Å². The standard InChI is InChI=1S/C25H19F3N6O2/c1-15-3-6-17(7-4-15)19-13-31-34-23(22(19)18-8-10-21(36-2)30-12-18)32-33(24(34)35)14-16-5-9-20(29-11-16)25(26,27)28/h3-13H,14H2,1-2H3. The van der Waals surface area contributed by atoms with Gasteiger partial charge in [-0.3, -0.25) is 4.98 Å². The number of fused-ring (bicyclic) bond motifs is 1. The van der Waals surface area contributed by atoms with Gasteiger partial charge in [0.2, 0.25) is 5.88 Å². The molecule has 0 saturated carbocycles. The summed E-state index contributed by atoms with van der Waals surface area (Å²) in [5, 5.41) is 8.82. The maximum absolute atomic E-state index is 13.1. The molecule has 0 radical (unpaired) electrons. The minimum atomic E-state index is -4.55. The third kappa shape index (κ3) is 4.30. The number of methoxy groups -OCH3 is 1. The molecule has 0 spiro atoms. The van der Waals surface area contributed by atoms with E-state index < -0.39 is 17.6 Å². The predicted molar refractivity (Wildman–Crippen MR) is 126 cm³/mol. The Morgan fingerprint density at radius 1 is 0.917 bits per heavy atom. The van der Waals surface area contributed by atoms with Crippen molar-refractivity contribution >= 4 is 5.65 Å². The van der Waals surface area contributed by atoms with Crippen molar-refractivity contribution in [1.29, 1.82) is 0 Å². The molecule has 0 N–H and O–H groups in total. The van der Waals surface area contributed by atoms with Crippen molar-refractivity contribution in [3.63, 3.8) is 0 Å². The average Bonchev–Trinajstić information content (AvgIpc) is 3.19. The highest BCUT2D eigenvalue weighted by Gasteiger charge is 2.32. The van der Waals surface area contributed by atoms with Crippen LogP contribution in [0, 0.1) is 6.92 Å². The number of pyridine rings is 2. The highest BCUT2D eigenvalue weighted by atomic mass is 19.4. The molecule has 0 aliphatic rings. The van der Waals surface area contributed by atoms with Crippen LogP contribution in [-0.2, 0) is 12.7 Å². The predicted octanol–water partition coefficient (Wildman–Crippen LogP) is 4.40. The number of aromatic nitrogens is 6. The average molecular weight is 492 g/mol. The first-order chi connectivity index (χ1) is 17.2. The molecule has 11 heteroatoms. The molecule has 0 aliphatic heterocycles. The second-order valence-corrected chi connectivity index (χ2v) is 8.11. The van der Waals surface area contributed by atoms with Crippen LogP contribution in [0.25, 0.3) is 27.9 Å². The second-order valence-electron chi connectivity index (χ2n) is 8.11. The fraction of sp³-hybridized carbons (Fsp3) is 0.160. The number of rotatable bonds is 5. The molecule has 5 rings (SSSR count). The second kappa shape index (κ2) is 8.91. The molecule has 0 bridgehead atoms. The van der Waals surface area contributed by atoms with Crippen LogP contribution in [0.5, 0.6) is 5.88 Å². The van der Waals surface area contributed by atoms with Crippen LogP contribution in [0.15, 0.2) is 71.9 Å². The van der Waals surface area contributed by atoms with E-state index in [4.69, 9.17) is 4.74 Å². The van der Waals surface area contributed by atoms with Crippen LogP contribution >= 0.6 is 0 Å². The molecule has 1 aromatic carbocycles. The lowest BCUT2D eigenvalue weighted by Gasteiger charge is -2.11. The molecule has 5 aromatic rings. The lowest BCUT2D eigenvalue weighted by atomic mass is 9.97. The van der Waals surface area contributed by atoms with Gasteiger partial charge in [-0.15, -0.1) is 5.10 Å². The Morgan fingerprint density at radius 3 is 2.28 bits per heavy atom. The molecule has 4 heterocycles. The highest BCUT2D eigenvalue weighted by molar-refractivity contribution is 5.90. The summed E-state index contributed by atoms with van der Waals surface area (Å²) in [4.78, 5) is 20.9. The minimum absolute atomic E-state index is 0.0759. The number of ether oxygens (including phenoxy) is 1. The molecule has 0 amide bonds. The third-order valence-electron chi connectivity index (χ3n) is 5.66. The maximum atomic E-state index is 13.1.